The maximum atomic E-state index is 6.35. The van der Waals surface area contributed by atoms with Gasteiger partial charge in [-0.15, -0.1) is 0 Å². The van der Waals surface area contributed by atoms with Gasteiger partial charge in [-0.05, 0) is 61.4 Å². The zero-order valence-electron chi connectivity index (χ0n) is 14.6. The molecule has 1 heterocycles. The Kier molecular flexibility index (Phi) is 5.60. The summed E-state index contributed by atoms with van der Waals surface area (Å²) in [6.07, 6.45) is 2.15. The van der Waals surface area contributed by atoms with Gasteiger partial charge >= 0.3 is 0 Å². The first kappa shape index (κ1) is 17.5. The Labute approximate surface area is 150 Å². The number of halogens is 1. The van der Waals surface area contributed by atoms with E-state index >= 15 is 0 Å². The molecule has 0 spiro atoms. The molecule has 1 fully saturated rings. The molecule has 1 aliphatic heterocycles. The number of rotatable bonds is 4. The highest BCUT2D eigenvalue weighted by Crippen LogP contribution is 2.24. The monoisotopic (exact) mass is 342 g/mol. The van der Waals surface area contributed by atoms with Crippen molar-refractivity contribution in [3.8, 4) is 0 Å². The maximum absolute atomic E-state index is 6.35. The van der Waals surface area contributed by atoms with Crippen molar-refractivity contribution in [3.05, 3.63) is 69.7 Å². The minimum Gasteiger partial charge on any atom is -0.327 e. The quantitative estimate of drug-likeness (QED) is 0.895. The molecule has 2 atom stereocenters. The molecule has 24 heavy (non-hydrogen) atoms. The van der Waals surface area contributed by atoms with E-state index in [0.717, 1.165) is 37.5 Å². The van der Waals surface area contributed by atoms with Gasteiger partial charge in [-0.3, -0.25) is 4.90 Å². The first-order valence-electron chi connectivity index (χ1n) is 8.78. The summed E-state index contributed by atoms with van der Waals surface area (Å²) in [5.74, 6) is 0.595. The predicted octanol–water partition coefficient (Wildman–Crippen LogP) is 4.35. The standard InChI is InChI=1S/C21H27ClN2/c1-15-6-7-16(2)19(8-15)13-24-12-18(11-21(23)14-24)9-17-4-3-5-20(22)10-17/h3-8,10,18,21H,9,11-14,23H2,1-2H3. The van der Waals surface area contributed by atoms with Crippen LogP contribution < -0.4 is 5.73 Å². The van der Waals surface area contributed by atoms with Crippen LogP contribution in [0.3, 0.4) is 0 Å². The molecule has 0 bridgehead atoms. The normalized spacial score (nSPS) is 21.8. The zero-order chi connectivity index (χ0) is 17.1. The number of piperidine rings is 1. The molecule has 3 rings (SSSR count). The molecule has 0 radical (unpaired) electrons. The van der Waals surface area contributed by atoms with Gasteiger partial charge in [0, 0.05) is 30.7 Å². The summed E-state index contributed by atoms with van der Waals surface area (Å²) in [4.78, 5) is 2.52. The van der Waals surface area contributed by atoms with E-state index in [1.165, 1.54) is 22.3 Å². The number of hydrogen-bond acceptors (Lipinski definition) is 2. The average molecular weight is 343 g/mol. The Morgan fingerprint density at radius 3 is 2.75 bits per heavy atom. The Balaban J connectivity index is 1.68. The van der Waals surface area contributed by atoms with E-state index in [1.54, 1.807) is 0 Å². The molecular formula is C21H27ClN2. The summed E-state index contributed by atoms with van der Waals surface area (Å²) in [6, 6.07) is 15.2. The van der Waals surface area contributed by atoms with Crippen molar-refractivity contribution < 1.29 is 0 Å². The molecule has 2 nitrogen and oxygen atoms in total. The smallest absolute Gasteiger partial charge is 0.0408 e. The SMILES string of the molecule is Cc1ccc(C)c(CN2CC(N)CC(Cc3cccc(Cl)c3)C2)c1. The van der Waals surface area contributed by atoms with Crippen LogP contribution in [0.2, 0.25) is 5.02 Å². The van der Waals surface area contributed by atoms with Gasteiger partial charge in [-0.25, -0.2) is 0 Å². The Bertz CT molecular complexity index is 698. The van der Waals surface area contributed by atoms with Crippen molar-refractivity contribution >= 4 is 11.6 Å². The lowest BCUT2D eigenvalue weighted by Crippen LogP contribution is -2.47. The van der Waals surface area contributed by atoms with Crippen LogP contribution in [0, 0.1) is 19.8 Å². The summed E-state index contributed by atoms with van der Waals surface area (Å²) in [7, 11) is 0. The molecular weight excluding hydrogens is 316 g/mol. The third-order valence-electron chi connectivity index (χ3n) is 4.96. The molecule has 0 aromatic heterocycles. The first-order valence-corrected chi connectivity index (χ1v) is 9.16. The van der Waals surface area contributed by atoms with Gasteiger partial charge in [-0.1, -0.05) is 47.5 Å². The molecule has 2 unspecified atom stereocenters. The topological polar surface area (TPSA) is 29.3 Å². The fraction of sp³-hybridized carbons (Fsp3) is 0.429. The van der Waals surface area contributed by atoms with Crippen molar-refractivity contribution in [3.63, 3.8) is 0 Å². The molecule has 2 aromatic rings. The second-order valence-corrected chi connectivity index (χ2v) is 7.76. The molecule has 128 valence electrons. The molecule has 1 saturated heterocycles. The van der Waals surface area contributed by atoms with E-state index in [0.29, 0.717) is 5.92 Å². The van der Waals surface area contributed by atoms with Crippen LogP contribution >= 0.6 is 11.6 Å². The van der Waals surface area contributed by atoms with Crippen LogP contribution in [0.25, 0.3) is 0 Å². The second-order valence-electron chi connectivity index (χ2n) is 7.32. The molecule has 3 heteroatoms. The number of nitrogens with two attached hydrogens (primary N) is 1. The number of benzene rings is 2. The van der Waals surface area contributed by atoms with E-state index in [1.807, 2.05) is 12.1 Å². The van der Waals surface area contributed by atoms with Crippen molar-refractivity contribution in [1.29, 1.82) is 0 Å². The average Bonchev–Trinajstić information content (AvgIpc) is 2.50. The van der Waals surface area contributed by atoms with E-state index < -0.39 is 0 Å². The van der Waals surface area contributed by atoms with Crippen molar-refractivity contribution in [2.45, 2.75) is 39.3 Å². The van der Waals surface area contributed by atoms with Crippen LogP contribution in [0.5, 0.6) is 0 Å². The second kappa shape index (κ2) is 7.69. The van der Waals surface area contributed by atoms with E-state index in [9.17, 15) is 0 Å². The van der Waals surface area contributed by atoms with Crippen LogP contribution in [-0.4, -0.2) is 24.0 Å². The zero-order valence-corrected chi connectivity index (χ0v) is 15.4. The minimum absolute atomic E-state index is 0.257. The van der Waals surface area contributed by atoms with Gasteiger partial charge < -0.3 is 5.73 Å². The van der Waals surface area contributed by atoms with Gasteiger partial charge in [0.1, 0.15) is 0 Å². The third-order valence-corrected chi connectivity index (χ3v) is 5.19. The fourth-order valence-corrected chi connectivity index (χ4v) is 4.05. The highest BCUT2D eigenvalue weighted by atomic mass is 35.5. The molecule has 2 aromatic carbocycles. The molecule has 0 aliphatic carbocycles. The highest BCUT2D eigenvalue weighted by molar-refractivity contribution is 6.30. The van der Waals surface area contributed by atoms with Crippen molar-refractivity contribution in [1.82, 2.24) is 4.90 Å². The number of aryl methyl sites for hydroxylation is 2. The lowest BCUT2D eigenvalue weighted by atomic mass is 9.88. The Hall–Kier alpha value is -1.35. The summed E-state index contributed by atoms with van der Waals surface area (Å²) in [6.45, 7) is 7.44. The summed E-state index contributed by atoms with van der Waals surface area (Å²) < 4.78 is 0. The molecule has 2 N–H and O–H groups in total. The predicted molar refractivity (Wildman–Crippen MR) is 102 cm³/mol. The summed E-state index contributed by atoms with van der Waals surface area (Å²) in [5.41, 5.74) is 11.8. The minimum atomic E-state index is 0.257. The number of likely N-dealkylation sites (tertiary alicyclic amines) is 1. The van der Waals surface area contributed by atoms with Gasteiger partial charge in [0.25, 0.3) is 0 Å². The van der Waals surface area contributed by atoms with Gasteiger partial charge in [0.05, 0.1) is 0 Å². The lowest BCUT2D eigenvalue weighted by Gasteiger charge is -2.36. The maximum Gasteiger partial charge on any atom is 0.0408 e. The third kappa shape index (κ3) is 4.60. The van der Waals surface area contributed by atoms with E-state index in [4.69, 9.17) is 17.3 Å². The first-order chi connectivity index (χ1) is 11.5. The van der Waals surface area contributed by atoms with Gasteiger partial charge in [0.2, 0.25) is 0 Å². The molecule has 0 saturated carbocycles. The van der Waals surface area contributed by atoms with Gasteiger partial charge in [0.15, 0.2) is 0 Å². The molecule has 1 aliphatic rings. The summed E-state index contributed by atoms with van der Waals surface area (Å²) in [5, 5.41) is 0.819. The van der Waals surface area contributed by atoms with Crippen LogP contribution in [-0.2, 0) is 13.0 Å². The lowest BCUT2D eigenvalue weighted by molar-refractivity contribution is 0.149. The van der Waals surface area contributed by atoms with Crippen molar-refractivity contribution in [2.75, 3.05) is 13.1 Å². The summed E-state index contributed by atoms with van der Waals surface area (Å²) >= 11 is 6.12. The highest BCUT2D eigenvalue weighted by Gasteiger charge is 2.25. The largest absolute Gasteiger partial charge is 0.327 e. The van der Waals surface area contributed by atoms with Crippen LogP contribution in [0.15, 0.2) is 42.5 Å². The fourth-order valence-electron chi connectivity index (χ4n) is 3.83. The van der Waals surface area contributed by atoms with E-state index in [2.05, 4.69) is 49.1 Å². The van der Waals surface area contributed by atoms with Crippen molar-refractivity contribution in [2.24, 2.45) is 11.7 Å². The Morgan fingerprint density at radius 2 is 1.96 bits per heavy atom. The number of hydrogen-bond donors (Lipinski definition) is 1. The van der Waals surface area contributed by atoms with E-state index in [-0.39, 0.29) is 6.04 Å². The Morgan fingerprint density at radius 1 is 1.12 bits per heavy atom. The van der Waals surface area contributed by atoms with Crippen LogP contribution in [0.1, 0.15) is 28.7 Å². The van der Waals surface area contributed by atoms with Crippen LogP contribution in [0.4, 0.5) is 0 Å². The van der Waals surface area contributed by atoms with Gasteiger partial charge in [-0.2, -0.15) is 0 Å². The number of nitrogens with zero attached hydrogens (tertiary/aromatic N) is 1. The molecule has 0 amide bonds.